The van der Waals surface area contributed by atoms with E-state index in [1.165, 1.54) is 65.4 Å². The minimum absolute atomic E-state index is 0.553. The van der Waals surface area contributed by atoms with Gasteiger partial charge in [-0.1, -0.05) is 200 Å². The van der Waals surface area contributed by atoms with E-state index in [0.29, 0.717) is 5.82 Å². The highest BCUT2D eigenvalue weighted by Crippen LogP contribution is 2.64. The zero-order valence-electron chi connectivity index (χ0n) is 32.5. The molecule has 0 radical (unpaired) electrons. The van der Waals surface area contributed by atoms with Crippen molar-refractivity contribution in [3.63, 3.8) is 0 Å². The van der Waals surface area contributed by atoms with E-state index < -0.39 is 5.41 Å². The summed E-state index contributed by atoms with van der Waals surface area (Å²) in [5.41, 5.74) is 17.9. The fourth-order valence-electron chi connectivity index (χ4n) is 9.62. The van der Waals surface area contributed by atoms with Crippen molar-refractivity contribution in [2.75, 3.05) is 0 Å². The number of fused-ring (bicyclic) bond motifs is 10. The largest absolute Gasteiger partial charge is 0.256 e. The van der Waals surface area contributed by atoms with Crippen molar-refractivity contribution < 1.29 is 0 Å². The number of pyridine rings is 1. The van der Waals surface area contributed by atoms with E-state index in [2.05, 4.69) is 193 Å². The second-order valence-electron chi connectivity index (χ2n) is 15.5. The van der Waals surface area contributed by atoms with Gasteiger partial charge in [-0.25, -0.2) is 9.97 Å². The molecule has 0 saturated heterocycles. The molecular formula is C56H35N3S. The summed E-state index contributed by atoms with van der Waals surface area (Å²) in [5, 5.41) is 1.15. The molecule has 12 rings (SSSR count). The van der Waals surface area contributed by atoms with Crippen LogP contribution < -0.4 is 0 Å². The van der Waals surface area contributed by atoms with Crippen LogP contribution in [0.4, 0.5) is 0 Å². The van der Waals surface area contributed by atoms with Crippen LogP contribution in [0.25, 0.3) is 78.2 Å². The third kappa shape index (κ3) is 5.28. The van der Waals surface area contributed by atoms with Crippen LogP contribution in [-0.4, -0.2) is 15.0 Å². The van der Waals surface area contributed by atoms with Gasteiger partial charge in [0.15, 0.2) is 5.82 Å². The van der Waals surface area contributed by atoms with Gasteiger partial charge in [-0.2, -0.15) is 0 Å². The van der Waals surface area contributed by atoms with Crippen molar-refractivity contribution in [2.45, 2.75) is 15.2 Å². The first kappa shape index (κ1) is 34.6. The Balaban J connectivity index is 1.11. The number of hydrogen-bond donors (Lipinski definition) is 0. The maximum absolute atomic E-state index is 5.38. The van der Waals surface area contributed by atoms with Crippen molar-refractivity contribution in [1.29, 1.82) is 0 Å². The summed E-state index contributed by atoms with van der Waals surface area (Å²) in [7, 11) is 0. The number of rotatable bonds is 5. The molecule has 3 heterocycles. The Kier molecular flexibility index (Phi) is 8.00. The lowest BCUT2D eigenvalue weighted by atomic mass is 9.66. The zero-order valence-corrected chi connectivity index (χ0v) is 33.3. The van der Waals surface area contributed by atoms with Gasteiger partial charge in [-0.05, 0) is 73.8 Å². The fourth-order valence-corrected chi connectivity index (χ4v) is 11.1. The first-order valence-electron chi connectivity index (χ1n) is 20.3. The van der Waals surface area contributed by atoms with Crippen molar-refractivity contribution in [3.05, 3.63) is 235 Å². The van der Waals surface area contributed by atoms with Gasteiger partial charge in [0.05, 0.1) is 22.3 Å². The van der Waals surface area contributed by atoms with Crippen LogP contribution in [0.2, 0.25) is 0 Å². The molecule has 280 valence electrons. The van der Waals surface area contributed by atoms with Gasteiger partial charge in [0.1, 0.15) is 0 Å². The van der Waals surface area contributed by atoms with Crippen LogP contribution in [0.3, 0.4) is 0 Å². The molecule has 3 nitrogen and oxygen atoms in total. The maximum Gasteiger partial charge on any atom is 0.160 e. The minimum atomic E-state index is -0.553. The number of hydrogen-bond acceptors (Lipinski definition) is 4. The van der Waals surface area contributed by atoms with Crippen LogP contribution in [0.5, 0.6) is 0 Å². The molecule has 1 spiro atoms. The summed E-state index contributed by atoms with van der Waals surface area (Å²) >= 11 is 1.87. The second-order valence-corrected chi connectivity index (χ2v) is 16.5. The second kappa shape index (κ2) is 13.9. The van der Waals surface area contributed by atoms with Crippen LogP contribution in [0.1, 0.15) is 22.3 Å². The number of aromatic nitrogens is 3. The van der Waals surface area contributed by atoms with Crippen LogP contribution >= 0.6 is 11.8 Å². The van der Waals surface area contributed by atoms with Gasteiger partial charge in [0.25, 0.3) is 0 Å². The molecule has 4 heteroatoms. The normalized spacial score (nSPS) is 13.1. The molecule has 0 bridgehead atoms. The van der Waals surface area contributed by atoms with Gasteiger partial charge >= 0.3 is 0 Å². The van der Waals surface area contributed by atoms with E-state index in [9.17, 15) is 0 Å². The Labute approximate surface area is 353 Å². The van der Waals surface area contributed by atoms with Gasteiger partial charge in [-0.15, -0.1) is 0 Å². The number of nitrogens with zero attached hydrogens (tertiary/aromatic N) is 3. The van der Waals surface area contributed by atoms with E-state index in [0.717, 1.165) is 39.0 Å². The smallest absolute Gasteiger partial charge is 0.160 e. The summed E-state index contributed by atoms with van der Waals surface area (Å²) in [4.78, 5) is 17.6. The van der Waals surface area contributed by atoms with Crippen molar-refractivity contribution in [3.8, 4) is 67.3 Å². The molecule has 0 atom stereocenters. The maximum atomic E-state index is 5.38. The van der Waals surface area contributed by atoms with Crippen LogP contribution in [0, 0.1) is 0 Å². The molecule has 0 unspecified atom stereocenters. The zero-order chi connectivity index (χ0) is 39.6. The minimum Gasteiger partial charge on any atom is -0.256 e. The summed E-state index contributed by atoms with van der Waals surface area (Å²) in [6.45, 7) is 0. The lowest BCUT2D eigenvalue weighted by Crippen LogP contribution is -2.32. The van der Waals surface area contributed by atoms with Crippen molar-refractivity contribution >= 4 is 22.7 Å². The molecule has 8 aromatic carbocycles. The molecule has 10 aromatic rings. The Bertz CT molecular complexity index is 3180. The fraction of sp³-hybridized carbons (Fsp3) is 0.0179. The SMILES string of the molecule is c1ccc(-c2cc(-c3cccc4c3Sc3c(-c5ccc(-c6cccc7ncccc67)cc5)cccc3C43c4ccccc4-c4ccccc43)nc(-c3ccccc3)n2)cc1. The Morgan fingerprint density at radius 3 is 1.57 bits per heavy atom. The predicted molar refractivity (Wildman–Crippen MR) is 246 cm³/mol. The highest BCUT2D eigenvalue weighted by atomic mass is 32.2. The van der Waals surface area contributed by atoms with E-state index in [-0.39, 0.29) is 0 Å². The Morgan fingerprint density at radius 1 is 0.350 bits per heavy atom. The first-order chi connectivity index (χ1) is 29.8. The molecule has 1 aliphatic heterocycles. The molecular weight excluding hydrogens is 747 g/mol. The standard InChI is InChI=1S/C56H35N3S/c1-3-15-38(16-4-1)51-35-52(59-55(58-51)39-17-5-2-6-18-39)45-23-12-28-49-54(45)60-53-41(37-32-30-36(31-33-37)40-21-13-29-50-44(40)24-14-34-57-50)22-11-27-48(53)56(49)46-25-9-7-19-42(46)43-20-8-10-26-47(43)56/h1-35H. The van der Waals surface area contributed by atoms with Crippen molar-refractivity contribution in [2.24, 2.45) is 0 Å². The summed E-state index contributed by atoms with van der Waals surface area (Å²) in [6.07, 6.45) is 1.86. The average Bonchev–Trinajstić information content (AvgIpc) is 3.62. The van der Waals surface area contributed by atoms with Gasteiger partial charge in [0, 0.05) is 38.1 Å². The van der Waals surface area contributed by atoms with E-state index >= 15 is 0 Å². The van der Waals surface area contributed by atoms with E-state index in [4.69, 9.17) is 9.97 Å². The molecule has 1 aliphatic carbocycles. The van der Waals surface area contributed by atoms with Gasteiger partial charge < -0.3 is 0 Å². The lowest BCUT2D eigenvalue weighted by molar-refractivity contribution is 0.724. The molecule has 0 saturated carbocycles. The summed E-state index contributed by atoms with van der Waals surface area (Å²) in [6, 6.07) is 74.3. The van der Waals surface area contributed by atoms with Crippen molar-refractivity contribution in [1.82, 2.24) is 15.0 Å². The predicted octanol–water partition coefficient (Wildman–Crippen LogP) is 14.2. The van der Waals surface area contributed by atoms with Crippen LogP contribution in [0.15, 0.2) is 222 Å². The summed E-state index contributed by atoms with van der Waals surface area (Å²) in [5.74, 6) is 0.708. The van der Waals surface area contributed by atoms with Gasteiger partial charge in [-0.3, -0.25) is 4.98 Å². The third-order valence-corrected chi connectivity index (χ3v) is 13.5. The number of benzene rings is 8. The van der Waals surface area contributed by atoms with Gasteiger partial charge in [0.2, 0.25) is 0 Å². The van der Waals surface area contributed by atoms with E-state index in [1.54, 1.807) is 0 Å². The summed E-state index contributed by atoms with van der Waals surface area (Å²) < 4.78 is 0. The molecule has 2 aliphatic rings. The molecule has 0 N–H and O–H groups in total. The monoisotopic (exact) mass is 781 g/mol. The molecule has 0 fully saturated rings. The lowest BCUT2D eigenvalue weighted by Gasteiger charge is -2.41. The quantitative estimate of drug-likeness (QED) is 0.174. The first-order valence-corrected chi connectivity index (χ1v) is 21.2. The highest BCUT2D eigenvalue weighted by molar-refractivity contribution is 7.99. The topological polar surface area (TPSA) is 38.7 Å². The molecule has 0 amide bonds. The van der Waals surface area contributed by atoms with Crippen LogP contribution in [-0.2, 0) is 5.41 Å². The third-order valence-electron chi connectivity index (χ3n) is 12.3. The highest BCUT2D eigenvalue weighted by Gasteiger charge is 2.51. The molecule has 60 heavy (non-hydrogen) atoms. The Morgan fingerprint density at radius 2 is 0.867 bits per heavy atom. The van der Waals surface area contributed by atoms with E-state index in [1.807, 2.05) is 36.2 Å². The Hall–Kier alpha value is -7.40. The molecule has 2 aromatic heterocycles. The average molecular weight is 782 g/mol.